The van der Waals surface area contributed by atoms with Gasteiger partial charge in [0.05, 0.1) is 12.7 Å². The second-order valence-electron chi connectivity index (χ2n) is 6.67. The quantitative estimate of drug-likeness (QED) is 0.856. The van der Waals surface area contributed by atoms with Gasteiger partial charge in [-0.15, -0.1) is 0 Å². The summed E-state index contributed by atoms with van der Waals surface area (Å²) in [7, 11) is 0. The second kappa shape index (κ2) is 5.77. The van der Waals surface area contributed by atoms with Gasteiger partial charge in [-0.1, -0.05) is 12.8 Å². The molecule has 2 aliphatic carbocycles. The molecule has 3 rings (SSSR count). The molecule has 1 aromatic rings. The molecule has 0 saturated heterocycles. The van der Waals surface area contributed by atoms with E-state index in [-0.39, 0.29) is 12.7 Å². The van der Waals surface area contributed by atoms with Gasteiger partial charge in [-0.3, -0.25) is 0 Å². The maximum absolute atomic E-state index is 9.63. The van der Waals surface area contributed by atoms with Gasteiger partial charge >= 0.3 is 0 Å². The van der Waals surface area contributed by atoms with Gasteiger partial charge in [0.1, 0.15) is 5.75 Å². The predicted octanol–water partition coefficient (Wildman–Crippen LogP) is 4.50. The Kier molecular flexibility index (Phi) is 4.02. The lowest BCUT2D eigenvalue weighted by Gasteiger charge is -2.21. The summed E-state index contributed by atoms with van der Waals surface area (Å²) < 4.78 is 5.93. The summed E-state index contributed by atoms with van der Waals surface area (Å²) in [6.07, 6.45) is 8.14. The summed E-state index contributed by atoms with van der Waals surface area (Å²) in [4.78, 5) is 0. The SMILES string of the molecule is CC(C)Oc1cc(C2CCCC2)c(C2CC2)cc1CO. The minimum absolute atomic E-state index is 0.0761. The third kappa shape index (κ3) is 2.85. The van der Waals surface area contributed by atoms with Crippen molar-refractivity contribution in [2.24, 2.45) is 0 Å². The van der Waals surface area contributed by atoms with Crippen LogP contribution in [0.1, 0.15) is 80.9 Å². The molecule has 0 aliphatic heterocycles. The molecule has 0 amide bonds. The highest BCUT2D eigenvalue weighted by Crippen LogP contribution is 2.48. The Morgan fingerprint density at radius 2 is 1.65 bits per heavy atom. The van der Waals surface area contributed by atoms with E-state index in [1.807, 2.05) is 13.8 Å². The van der Waals surface area contributed by atoms with Crippen LogP contribution in [-0.2, 0) is 6.61 Å². The van der Waals surface area contributed by atoms with Crippen LogP contribution in [0.15, 0.2) is 12.1 Å². The number of rotatable bonds is 5. The first-order chi connectivity index (χ1) is 9.69. The second-order valence-corrected chi connectivity index (χ2v) is 6.67. The molecule has 0 heterocycles. The zero-order chi connectivity index (χ0) is 14.1. The van der Waals surface area contributed by atoms with Crippen LogP contribution in [0.5, 0.6) is 5.75 Å². The Morgan fingerprint density at radius 3 is 2.20 bits per heavy atom. The molecular weight excluding hydrogens is 248 g/mol. The van der Waals surface area contributed by atoms with E-state index in [1.165, 1.54) is 49.7 Å². The van der Waals surface area contributed by atoms with Crippen LogP contribution in [0, 0.1) is 0 Å². The lowest BCUT2D eigenvalue weighted by Crippen LogP contribution is -2.10. The molecule has 2 heteroatoms. The van der Waals surface area contributed by atoms with Crippen molar-refractivity contribution in [3.05, 3.63) is 28.8 Å². The van der Waals surface area contributed by atoms with Crippen molar-refractivity contribution in [2.75, 3.05) is 0 Å². The van der Waals surface area contributed by atoms with E-state index in [4.69, 9.17) is 4.74 Å². The molecule has 0 aromatic heterocycles. The van der Waals surface area contributed by atoms with Crippen molar-refractivity contribution in [3.8, 4) is 5.75 Å². The lowest BCUT2D eigenvalue weighted by molar-refractivity contribution is 0.225. The van der Waals surface area contributed by atoms with Crippen LogP contribution in [0.3, 0.4) is 0 Å². The average Bonchev–Trinajstić information content (AvgIpc) is 3.12. The van der Waals surface area contributed by atoms with Gasteiger partial charge in [0.15, 0.2) is 0 Å². The van der Waals surface area contributed by atoms with Crippen LogP contribution < -0.4 is 4.74 Å². The molecule has 0 unspecified atom stereocenters. The highest BCUT2D eigenvalue weighted by molar-refractivity contribution is 5.47. The molecule has 2 fully saturated rings. The van der Waals surface area contributed by atoms with Crippen LogP contribution in [0.4, 0.5) is 0 Å². The van der Waals surface area contributed by atoms with Crippen molar-refractivity contribution in [1.82, 2.24) is 0 Å². The van der Waals surface area contributed by atoms with Gasteiger partial charge in [-0.2, -0.15) is 0 Å². The molecule has 0 atom stereocenters. The number of benzene rings is 1. The van der Waals surface area contributed by atoms with E-state index < -0.39 is 0 Å². The van der Waals surface area contributed by atoms with Crippen molar-refractivity contribution in [3.63, 3.8) is 0 Å². The first-order valence-electron chi connectivity index (χ1n) is 8.13. The van der Waals surface area contributed by atoms with Crippen LogP contribution in [0.2, 0.25) is 0 Å². The number of hydrogen-bond donors (Lipinski definition) is 1. The molecule has 0 radical (unpaired) electrons. The summed E-state index contributed by atoms with van der Waals surface area (Å²) in [6.45, 7) is 4.17. The van der Waals surface area contributed by atoms with Crippen LogP contribution in [0.25, 0.3) is 0 Å². The number of aliphatic hydroxyl groups excluding tert-OH is 1. The van der Waals surface area contributed by atoms with Gasteiger partial charge in [-0.25, -0.2) is 0 Å². The Balaban J connectivity index is 1.99. The molecule has 110 valence electrons. The lowest BCUT2D eigenvalue weighted by atomic mass is 9.89. The molecule has 1 aromatic carbocycles. The molecule has 1 N–H and O–H groups in total. The molecule has 2 aliphatic rings. The van der Waals surface area contributed by atoms with Crippen molar-refractivity contribution in [2.45, 2.75) is 76.9 Å². The summed E-state index contributed by atoms with van der Waals surface area (Å²) in [5.74, 6) is 2.35. The zero-order valence-corrected chi connectivity index (χ0v) is 12.7. The maximum atomic E-state index is 9.63. The minimum atomic E-state index is 0.0761. The largest absolute Gasteiger partial charge is 0.491 e. The topological polar surface area (TPSA) is 29.5 Å². The Bertz CT molecular complexity index is 469. The third-order valence-electron chi connectivity index (χ3n) is 4.61. The average molecular weight is 274 g/mol. The molecule has 20 heavy (non-hydrogen) atoms. The van der Waals surface area contributed by atoms with E-state index in [2.05, 4.69) is 12.1 Å². The molecule has 0 bridgehead atoms. The van der Waals surface area contributed by atoms with Crippen molar-refractivity contribution in [1.29, 1.82) is 0 Å². The van der Waals surface area contributed by atoms with Crippen molar-refractivity contribution >= 4 is 0 Å². The van der Waals surface area contributed by atoms with E-state index in [0.29, 0.717) is 5.92 Å². The summed E-state index contributed by atoms with van der Waals surface area (Å²) in [5.41, 5.74) is 3.97. The number of ether oxygens (including phenoxy) is 1. The fraction of sp³-hybridized carbons (Fsp3) is 0.667. The Labute approximate surface area is 122 Å². The highest BCUT2D eigenvalue weighted by Gasteiger charge is 2.31. The first kappa shape index (κ1) is 13.9. The fourth-order valence-corrected chi connectivity index (χ4v) is 3.48. The first-order valence-corrected chi connectivity index (χ1v) is 8.13. The minimum Gasteiger partial charge on any atom is -0.491 e. The normalized spacial score (nSPS) is 19.8. The monoisotopic (exact) mass is 274 g/mol. The molecule has 2 nitrogen and oxygen atoms in total. The Hall–Kier alpha value is -1.02. The van der Waals surface area contributed by atoms with Crippen LogP contribution in [-0.4, -0.2) is 11.2 Å². The zero-order valence-electron chi connectivity index (χ0n) is 12.7. The van der Waals surface area contributed by atoms with E-state index in [0.717, 1.165) is 17.2 Å². The summed E-state index contributed by atoms with van der Waals surface area (Å²) >= 11 is 0. The van der Waals surface area contributed by atoms with Gasteiger partial charge in [0.2, 0.25) is 0 Å². The van der Waals surface area contributed by atoms with Gasteiger partial charge in [0, 0.05) is 5.56 Å². The van der Waals surface area contributed by atoms with E-state index in [9.17, 15) is 5.11 Å². The standard InChI is InChI=1S/C18H26O2/c1-12(2)20-18-10-17(13-5-3-4-6-13)16(14-7-8-14)9-15(18)11-19/h9-10,12-14,19H,3-8,11H2,1-2H3. The maximum Gasteiger partial charge on any atom is 0.125 e. The van der Waals surface area contributed by atoms with Gasteiger partial charge in [0.25, 0.3) is 0 Å². The highest BCUT2D eigenvalue weighted by atomic mass is 16.5. The molecular formula is C18H26O2. The Morgan fingerprint density at radius 1 is 1.05 bits per heavy atom. The van der Waals surface area contributed by atoms with Crippen LogP contribution >= 0.6 is 0 Å². The van der Waals surface area contributed by atoms with Gasteiger partial charge in [-0.05, 0) is 74.6 Å². The van der Waals surface area contributed by atoms with E-state index >= 15 is 0 Å². The summed E-state index contributed by atoms with van der Waals surface area (Å²) in [6, 6.07) is 4.47. The molecule has 2 saturated carbocycles. The molecule has 0 spiro atoms. The van der Waals surface area contributed by atoms with Gasteiger partial charge < -0.3 is 9.84 Å². The third-order valence-corrected chi connectivity index (χ3v) is 4.61. The number of hydrogen-bond acceptors (Lipinski definition) is 2. The number of aliphatic hydroxyl groups is 1. The fourth-order valence-electron chi connectivity index (χ4n) is 3.48. The van der Waals surface area contributed by atoms with E-state index in [1.54, 1.807) is 0 Å². The summed E-state index contributed by atoms with van der Waals surface area (Å²) in [5, 5.41) is 9.63. The van der Waals surface area contributed by atoms with Crippen molar-refractivity contribution < 1.29 is 9.84 Å². The predicted molar refractivity (Wildman–Crippen MR) is 81.3 cm³/mol. The smallest absolute Gasteiger partial charge is 0.125 e.